The lowest BCUT2D eigenvalue weighted by Crippen LogP contribution is -1.87. The second-order valence-corrected chi connectivity index (χ2v) is 3.12. The number of rotatable bonds is 3. The maximum Gasteiger partial charge on any atom is 0.0337 e. The molecule has 0 spiro atoms. The molecule has 1 aromatic rings. The Balaban J connectivity index is 2.85. The Morgan fingerprint density at radius 1 is 1.31 bits per heavy atom. The summed E-state index contributed by atoms with van der Waals surface area (Å²) in [6, 6.07) is 8.49. The van der Waals surface area contributed by atoms with E-state index in [9.17, 15) is 0 Å². The van der Waals surface area contributed by atoms with Gasteiger partial charge in [-0.25, -0.2) is 0 Å². The van der Waals surface area contributed by atoms with Gasteiger partial charge in [0.1, 0.15) is 0 Å². The van der Waals surface area contributed by atoms with Gasteiger partial charge in [0.2, 0.25) is 0 Å². The van der Waals surface area contributed by atoms with Gasteiger partial charge in [-0.3, -0.25) is 0 Å². The molecule has 1 N–H and O–H groups in total. The topological polar surface area (TPSA) is 12.0 Å². The zero-order valence-corrected chi connectivity index (χ0v) is 8.59. The van der Waals surface area contributed by atoms with Crippen LogP contribution in [-0.4, -0.2) is 7.05 Å². The molecule has 13 heavy (non-hydrogen) atoms. The summed E-state index contributed by atoms with van der Waals surface area (Å²) in [7, 11) is 1.93. The summed E-state index contributed by atoms with van der Waals surface area (Å²) in [4.78, 5) is 0. The van der Waals surface area contributed by atoms with Crippen LogP contribution in [0.3, 0.4) is 0 Å². The molecule has 0 aliphatic rings. The van der Waals surface area contributed by atoms with Gasteiger partial charge >= 0.3 is 0 Å². The third-order valence-corrected chi connectivity index (χ3v) is 2.14. The molecule has 0 aliphatic heterocycles. The predicted octanol–water partition coefficient (Wildman–Crippen LogP) is 3.54. The van der Waals surface area contributed by atoms with E-state index in [1.54, 1.807) is 0 Å². The number of anilines is 1. The molecule has 0 fully saturated rings. The lowest BCUT2D eigenvalue weighted by molar-refractivity contribution is 1.22. The van der Waals surface area contributed by atoms with Gasteiger partial charge in [0.15, 0.2) is 0 Å². The maximum absolute atomic E-state index is 3.11. The summed E-state index contributed by atoms with van der Waals surface area (Å²) >= 11 is 0. The van der Waals surface area contributed by atoms with E-state index in [-0.39, 0.29) is 0 Å². The van der Waals surface area contributed by atoms with Crippen LogP contribution in [-0.2, 0) is 0 Å². The molecule has 0 radical (unpaired) electrons. The van der Waals surface area contributed by atoms with Crippen LogP contribution >= 0.6 is 0 Å². The quantitative estimate of drug-likeness (QED) is 0.741. The highest BCUT2D eigenvalue weighted by molar-refractivity contribution is 5.65. The minimum Gasteiger partial charge on any atom is -0.388 e. The van der Waals surface area contributed by atoms with Crippen molar-refractivity contribution in [3.63, 3.8) is 0 Å². The molecule has 1 heteroatoms. The molecular weight excluding hydrogens is 158 g/mol. The Labute approximate surface area is 80.5 Å². The zero-order valence-electron chi connectivity index (χ0n) is 8.59. The Bertz CT molecular complexity index is 282. The van der Waals surface area contributed by atoms with Crippen molar-refractivity contribution in [2.75, 3.05) is 12.4 Å². The van der Waals surface area contributed by atoms with Crippen LogP contribution in [0.25, 0.3) is 5.57 Å². The highest BCUT2D eigenvalue weighted by Gasteiger charge is 1.94. The first-order valence-electron chi connectivity index (χ1n) is 4.73. The van der Waals surface area contributed by atoms with Gasteiger partial charge in [-0.15, -0.1) is 0 Å². The maximum atomic E-state index is 3.11. The molecule has 0 bridgehead atoms. The van der Waals surface area contributed by atoms with Crippen molar-refractivity contribution < 1.29 is 0 Å². The summed E-state index contributed by atoms with van der Waals surface area (Å²) in [5.74, 6) is 0. The fourth-order valence-electron chi connectivity index (χ4n) is 1.32. The van der Waals surface area contributed by atoms with Crippen LogP contribution in [0.1, 0.15) is 25.8 Å². The summed E-state index contributed by atoms with van der Waals surface area (Å²) < 4.78 is 0. The van der Waals surface area contributed by atoms with E-state index in [4.69, 9.17) is 0 Å². The Morgan fingerprint density at radius 3 is 2.38 bits per heavy atom. The first kappa shape index (κ1) is 9.85. The van der Waals surface area contributed by atoms with Crippen molar-refractivity contribution >= 4 is 11.3 Å². The van der Waals surface area contributed by atoms with E-state index in [0.717, 1.165) is 12.1 Å². The van der Waals surface area contributed by atoms with E-state index >= 15 is 0 Å². The smallest absolute Gasteiger partial charge is 0.0337 e. The molecule has 0 atom stereocenters. The van der Waals surface area contributed by atoms with E-state index < -0.39 is 0 Å². The molecule has 1 nitrogen and oxygen atoms in total. The highest BCUT2D eigenvalue weighted by atomic mass is 14.8. The fourth-order valence-corrected chi connectivity index (χ4v) is 1.32. The van der Waals surface area contributed by atoms with Crippen LogP contribution in [0.4, 0.5) is 5.69 Å². The van der Waals surface area contributed by atoms with Crippen molar-refractivity contribution in [2.45, 2.75) is 20.3 Å². The van der Waals surface area contributed by atoms with Gasteiger partial charge in [-0.1, -0.05) is 25.1 Å². The molecule has 0 aromatic heterocycles. The van der Waals surface area contributed by atoms with Crippen LogP contribution < -0.4 is 5.32 Å². The second-order valence-electron chi connectivity index (χ2n) is 3.12. The predicted molar refractivity (Wildman–Crippen MR) is 59.9 cm³/mol. The average molecular weight is 175 g/mol. The standard InChI is InChI=1S/C12H17N/c1-4-5-10(2)11-6-8-12(13-3)9-7-11/h5-9,13H,4H2,1-3H3/b10-5-. The molecular formula is C12H17N. The molecule has 0 unspecified atom stereocenters. The minimum absolute atomic E-state index is 1.10. The molecule has 0 saturated heterocycles. The highest BCUT2D eigenvalue weighted by Crippen LogP contribution is 2.16. The number of hydrogen-bond acceptors (Lipinski definition) is 1. The lowest BCUT2D eigenvalue weighted by atomic mass is 10.1. The van der Waals surface area contributed by atoms with Gasteiger partial charge in [0, 0.05) is 12.7 Å². The summed E-state index contributed by atoms with van der Waals surface area (Å²) in [6.45, 7) is 4.31. The van der Waals surface area contributed by atoms with Crippen LogP contribution in [0.2, 0.25) is 0 Å². The first-order valence-corrected chi connectivity index (χ1v) is 4.73. The zero-order chi connectivity index (χ0) is 9.68. The van der Waals surface area contributed by atoms with E-state index in [0.29, 0.717) is 0 Å². The average Bonchev–Trinajstić information content (AvgIpc) is 2.18. The Morgan fingerprint density at radius 2 is 1.92 bits per heavy atom. The van der Waals surface area contributed by atoms with Gasteiger partial charge in [-0.2, -0.15) is 0 Å². The third kappa shape index (κ3) is 2.62. The number of hydrogen-bond donors (Lipinski definition) is 1. The van der Waals surface area contributed by atoms with Crippen molar-refractivity contribution in [3.8, 4) is 0 Å². The summed E-state index contributed by atoms with van der Waals surface area (Å²) in [5.41, 5.74) is 3.82. The Hall–Kier alpha value is -1.24. The van der Waals surface area contributed by atoms with Gasteiger partial charge in [0.05, 0.1) is 0 Å². The van der Waals surface area contributed by atoms with Crippen LogP contribution in [0.5, 0.6) is 0 Å². The molecule has 0 heterocycles. The third-order valence-electron chi connectivity index (χ3n) is 2.14. The largest absolute Gasteiger partial charge is 0.388 e. The van der Waals surface area contributed by atoms with Crippen molar-refractivity contribution in [2.24, 2.45) is 0 Å². The summed E-state index contributed by atoms with van der Waals surface area (Å²) in [5, 5.41) is 3.11. The number of nitrogens with one attached hydrogen (secondary N) is 1. The van der Waals surface area contributed by atoms with E-state index in [2.05, 4.69) is 49.5 Å². The van der Waals surface area contributed by atoms with Gasteiger partial charge < -0.3 is 5.32 Å². The molecule has 70 valence electrons. The van der Waals surface area contributed by atoms with Gasteiger partial charge in [-0.05, 0) is 36.6 Å². The molecule has 0 aliphatic carbocycles. The van der Waals surface area contributed by atoms with Crippen LogP contribution in [0, 0.1) is 0 Å². The monoisotopic (exact) mass is 175 g/mol. The minimum atomic E-state index is 1.10. The number of benzene rings is 1. The first-order chi connectivity index (χ1) is 6.27. The Kier molecular flexibility index (Phi) is 3.56. The van der Waals surface area contributed by atoms with Crippen LogP contribution in [0.15, 0.2) is 30.3 Å². The molecule has 0 amide bonds. The molecule has 1 aromatic carbocycles. The normalized spacial score (nSPS) is 11.5. The van der Waals surface area contributed by atoms with E-state index in [1.807, 2.05) is 7.05 Å². The lowest BCUT2D eigenvalue weighted by Gasteiger charge is -2.03. The van der Waals surface area contributed by atoms with Gasteiger partial charge in [0.25, 0.3) is 0 Å². The summed E-state index contributed by atoms with van der Waals surface area (Å²) in [6.07, 6.45) is 3.34. The molecule has 0 saturated carbocycles. The van der Waals surface area contributed by atoms with Crippen molar-refractivity contribution in [3.05, 3.63) is 35.9 Å². The SMILES string of the molecule is CC/C=C(/C)c1ccc(NC)cc1. The molecule has 1 rings (SSSR count). The second kappa shape index (κ2) is 4.70. The van der Waals surface area contributed by atoms with E-state index in [1.165, 1.54) is 11.1 Å². The number of allylic oxidation sites excluding steroid dienone is 2. The van der Waals surface area contributed by atoms with Crippen molar-refractivity contribution in [1.82, 2.24) is 0 Å². The fraction of sp³-hybridized carbons (Fsp3) is 0.333. The van der Waals surface area contributed by atoms with Crippen molar-refractivity contribution in [1.29, 1.82) is 0 Å².